The highest BCUT2D eigenvalue weighted by molar-refractivity contribution is 5.92. The van der Waals surface area contributed by atoms with Gasteiger partial charge >= 0.3 is 0 Å². The van der Waals surface area contributed by atoms with Crippen molar-refractivity contribution in [2.45, 2.75) is 33.7 Å². The van der Waals surface area contributed by atoms with Crippen LogP contribution in [0, 0.1) is 11.8 Å². The van der Waals surface area contributed by atoms with Crippen LogP contribution in [-0.2, 0) is 16.1 Å². The number of nitrogens with one attached hydrogen (secondary N) is 2. The van der Waals surface area contributed by atoms with Gasteiger partial charge in [0, 0.05) is 24.6 Å². The number of nitrogens with two attached hydrogens (primary N) is 1. The number of rotatable bonds is 7. The molecule has 0 spiro atoms. The van der Waals surface area contributed by atoms with Crippen LogP contribution in [0.1, 0.15) is 32.8 Å². The average Bonchev–Trinajstić information content (AvgIpc) is 2.45. The standard InChI is InChI=1S/C16H25N3O2/c1-11(2)16(21)19-14-6-4-5-13(8-14)10-18-15(20)7-12(3)9-17/h4-6,8,11-12H,7,9-10,17H2,1-3H3,(H,18,20)(H,19,21). The minimum atomic E-state index is -0.0638. The van der Waals surface area contributed by atoms with E-state index >= 15 is 0 Å². The molecule has 2 amide bonds. The zero-order chi connectivity index (χ0) is 15.8. The molecule has 0 radical (unpaired) electrons. The Labute approximate surface area is 126 Å². The Morgan fingerprint density at radius 3 is 2.57 bits per heavy atom. The van der Waals surface area contributed by atoms with Gasteiger partial charge in [0.1, 0.15) is 0 Å². The highest BCUT2D eigenvalue weighted by Crippen LogP contribution is 2.12. The van der Waals surface area contributed by atoms with Gasteiger partial charge in [-0.15, -0.1) is 0 Å². The van der Waals surface area contributed by atoms with Crippen LogP contribution in [0.3, 0.4) is 0 Å². The summed E-state index contributed by atoms with van der Waals surface area (Å²) in [5.74, 6) is 0.0882. The smallest absolute Gasteiger partial charge is 0.226 e. The van der Waals surface area contributed by atoms with Crippen molar-refractivity contribution < 1.29 is 9.59 Å². The summed E-state index contributed by atoms with van der Waals surface area (Å²) in [5, 5.41) is 5.70. The van der Waals surface area contributed by atoms with Crippen molar-refractivity contribution >= 4 is 17.5 Å². The molecule has 0 aromatic heterocycles. The largest absolute Gasteiger partial charge is 0.352 e. The zero-order valence-corrected chi connectivity index (χ0v) is 13.0. The Kier molecular flexibility index (Phi) is 6.88. The Bertz CT molecular complexity index is 486. The number of benzene rings is 1. The molecule has 21 heavy (non-hydrogen) atoms. The number of carbonyl (C=O) groups is 2. The average molecular weight is 291 g/mol. The van der Waals surface area contributed by atoms with E-state index in [9.17, 15) is 9.59 Å². The van der Waals surface area contributed by atoms with Crippen LogP contribution < -0.4 is 16.4 Å². The second-order valence-electron chi connectivity index (χ2n) is 5.67. The summed E-state index contributed by atoms with van der Waals surface area (Å²) in [7, 11) is 0. The predicted molar refractivity (Wildman–Crippen MR) is 84.6 cm³/mol. The summed E-state index contributed by atoms with van der Waals surface area (Å²) in [6, 6.07) is 7.48. The lowest BCUT2D eigenvalue weighted by Crippen LogP contribution is -2.26. The van der Waals surface area contributed by atoms with Crippen LogP contribution in [0.5, 0.6) is 0 Å². The molecule has 0 aliphatic carbocycles. The topological polar surface area (TPSA) is 84.2 Å². The highest BCUT2D eigenvalue weighted by atomic mass is 16.2. The summed E-state index contributed by atoms with van der Waals surface area (Å²) in [4.78, 5) is 23.4. The maximum Gasteiger partial charge on any atom is 0.226 e. The molecule has 0 aliphatic rings. The zero-order valence-electron chi connectivity index (χ0n) is 13.0. The van der Waals surface area contributed by atoms with Gasteiger partial charge in [-0.3, -0.25) is 9.59 Å². The lowest BCUT2D eigenvalue weighted by molar-refractivity contribution is -0.122. The molecular weight excluding hydrogens is 266 g/mol. The molecule has 0 saturated heterocycles. The molecule has 0 fully saturated rings. The molecule has 1 rings (SSSR count). The molecule has 5 heteroatoms. The van der Waals surface area contributed by atoms with E-state index in [2.05, 4.69) is 10.6 Å². The van der Waals surface area contributed by atoms with E-state index in [0.717, 1.165) is 11.3 Å². The first kappa shape index (κ1) is 17.2. The van der Waals surface area contributed by atoms with Crippen molar-refractivity contribution in [1.82, 2.24) is 5.32 Å². The van der Waals surface area contributed by atoms with Crippen LogP contribution in [0.2, 0.25) is 0 Å². The second kappa shape index (κ2) is 8.42. The van der Waals surface area contributed by atoms with E-state index < -0.39 is 0 Å². The number of carbonyl (C=O) groups excluding carboxylic acids is 2. The van der Waals surface area contributed by atoms with Crippen molar-refractivity contribution in [1.29, 1.82) is 0 Å². The first-order chi connectivity index (χ1) is 9.92. The second-order valence-corrected chi connectivity index (χ2v) is 5.67. The molecule has 1 atom stereocenters. The van der Waals surface area contributed by atoms with Crippen molar-refractivity contribution in [2.75, 3.05) is 11.9 Å². The molecule has 1 aromatic rings. The summed E-state index contributed by atoms with van der Waals surface area (Å²) in [6.07, 6.45) is 0.431. The fraction of sp³-hybridized carbons (Fsp3) is 0.500. The van der Waals surface area contributed by atoms with Gasteiger partial charge in [-0.1, -0.05) is 32.9 Å². The van der Waals surface area contributed by atoms with Crippen LogP contribution in [0.4, 0.5) is 5.69 Å². The van der Waals surface area contributed by atoms with Gasteiger partial charge in [0.25, 0.3) is 0 Å². The van der Waals surface area contributed by atoms with Gasteiger partial charge in [0.15, 0.2) is 0 Å². The summed E-state index contributed by atoms with van der Waals surface area (Å²) >= 11 is 0. The fourth-order valence-corrected chi connectivity index (χ4v) is 1.72. The molecule has 1 aromatic carbocycles. The Morgan fingerprint density at radius 2 is 1.95 bits per heavy atom. The third kappa shape index (κ3) is 6.40. The molecule has 116 valence electrons. The van der Waals surface area contributed by atoms with Gasteiger partial charge < -0.3 is 16.4 Å². The van der Waals surface area contributed by atoms with E-state index in [4.69, 9.17) is 5.73 Å². The molecule has 4 N–H and O–H groups in total. The molecule has 0 heterocycles. The maximum atomic E-state index is 11.7. The van der Waals surface area contributed by atoms with Gasteiger partial charge in [0.05, 0.1) is 0 Å². The first-order valence-corrected chi connectivity index (χ1v) is 7.29. The quantitative estimate of drug-likeness (QED) is 0.717. The molecule has 5 nitrogen and oxygen atoms in total. The summed E-state index contributed by atoms with van der Waals surface area (Å²) in [6.45, 7) is 6.59. The molecule has 0 aliphatic heterocycles. The first-order valence-electron chi connectivity index (χ1n) is 7.29. The minimum Gasteiger partial charge on any atom is -0.352 e. The van der Waals surface area contributed by atoms with Gasteiger partial charge in [-0.25, -0.2) is 0 Å². The Morgan fingerprint density at radius 1 is 1.24 bits per heavy atom. The maximum absolute atomic E-state index is 11.7. The lowest BCUT2D eigenvalue weighted by Gasteiger charge is -2.11. The van der Waals surface area contributed by atoms with Crippen LogP contribution in [0.25, 0.3) is 0 Å². The monoisotopic (exact) mass is 291 g/mol. The van der Waals surface area contributed by atoms with Crippen LogP contribution in [-0.4, -0.2) is 18.4 Å². The van der Waals surface area contributed by atoms with Crippen LogP contribution >= 0.6 is 0 Å². The van der Waals surface area contributed by atoms with E-state index in [1.54, 1.807) is 0 Å². The normalized spacial score (nSPS) is 12.0. The van der Waals surface area contributed by atoms with Crippen molar-refractivity contribution in [2.24, 2.45) is 17.6 Å². The molecule has 0 bridgehead atoms. The van der Waals surface area contributed by atoms with Gasteiger partial charge in [0.2, 0.25) is 11.8 Å². The number of amides is 2. The van der Waals surface area contributed by atoms with E-state index in [1.165, 1.54) is 0 Å². The summed E-state index contributed by atoms with van der Waals surface area (Å²) < 4.78 is 0. The number of anilines is 1. The molecule has 0 saturated carbocycles. The third-order valence-electron chi connectivity index (χ3n) is 3.14. The SMILES string of the molecule is CC(CN)CC(=O)NCc1cccc(NC(=O)C(C)C)c1. The minimum absolute atomic E-state index is 0.00966. The molecule has 1 unspecified atom stereocenters. The number of hydrogen-bond donors (Lipinski definition) is 3. The number of hydrogen-bond acceptors (Lipinski definition) is 3. The van der Waals surface area contributed by atoms with E-state index in [1.807, 2.05) is 45.0 Å². The van der Waals surface area contributed by atoms with Crippen molar-refractivity contribution in [3.05, 3.63) is 29.8 Å². The van der Waals surface area contributed by atoms with E-state index in [0.29, 0.717) is 19.5 Å². The summed E-state index contributed by atoms with van der Waals surface area (Å²) in [5.41, 5.74) is 7.19. The van der Waals surface area contributed by atoms with Crippen molar-refractivity contribution in [3.8, 4) is 0 Å². The van der Waals surface area contributed by atoms with Gasteiger partial charge in [-0.2, -0.15) is 0 Å². The Balaban J connectivity index is 2.53. The lowest BCUT2D eigenvalue weighted by atomic mass is 10.1. The Hall–Kier alpha value is -1.88. The fourth-order valence-electron chi connectivity index (χ4n) is 1.72. The van der Waals surface area contributed by atoms with Crippen molar-refractivity contribution in [3.63, 3.8) is 0 Å². The third-order valence-corrected chi connectivity index (χ3v) is 3.14. The van der Waals surface area contributed by atoms with Gasteiger partial charge in [-0.05, 0) is 30.2 Å². The molecular formula is C16H25N3O2. The highest BCUT2D eigenvalue weighted by Gasteiger charge is 2.09. The predicted octanol–water partition coefficient (Wildman–Crippen LogP) is 1.88. The van der Waals surface area contributed by atoms with E-state index in [-0.39, 0.29) is 23.7 Å². The van der Waals surface area contributed by atoms with Crippen LogP contribution in [0.15, 0.2) is 24.3 Å².